The molecule has 2 N–H and O–H groups in total. The van der Waals surface area contributed by atoms with E-state index in [0.717, 1.165) is 4.90 Å². The highest BCUT2D eigenvalue weighted by atomic mass is 16.5. The predicted molar refractivity (Wildman–Crippen MR) is 99.7 cm³/mol. The number of carbonyl (C=O) groups is 5. The van der Waals surface area contributed by atoms with Crippen molar-refractivity contribution in [2.75, 3.05) is 13.6 Å². The van der Waals surface area contributed by atoms with Gasteiger partial charge in [0.25, 0.3) is 17.7 Å². The van der Waals surface area contributed by atoms with Crippen molar-refractivity contribution in [2.45, 2.75) is 6.10 Å². The van der Waals surface area contributed by atoms with Crippen LogP contribution in [0.15, 0.2) is 54.6 Å². The lowest BCUT2D eigenvalue weighted by atomic mass is 10.1. The molecule has 9 heteroatoms. The molecule has 2 aromatic carbocycles. The zero-order valence-corrected chi connectivity index (χ0v) is 15.4. The maximum absolute atomic E-state index is 12.4. The summed E-state index contributed by atoms with van der Waals surface area (Å²) in [7, 11) is 1.33. The summed E-state index contributed by atoms with van der Waals surface area (Å²) in [6.07, 6.45) is -1.43. The van der Waals surface area contributed by atoms with Crippen LogP contribution < -0.4 is 10.6 Å². The van der Waals surface area contributed by atoms with Gasteiger partial charge in [0.05, 0.1) is 11.1 Å². The number of ether oxygens (including phenoxy) is 1. The van der Waals surface area contributed by atoms with Gasteiger partial charge in [-0.2, -0.15) is 0 Å². The fourth-order valence-corrected chi connectivity index (χ4v) is 2.82. The van der Waals surface area contributed by atoms with E-state index >= 15 is 0 Å². The molecule has 5 amide bonds. The van der Waals surface area contributed by atoms with Crippen LogP contribution in [0.4, 0.5) is 4.79 Å². The molecule has 148 valence electrons. The second-order valence-corrected chi connectivity index (χ2v) is 6.09. The second-order valence-electron chi connectivity index (χ2n) is 6.09. The van der Waals surface area contributed by atoms with E-state index in [1.807, 2.05) is 5.32 Å². The van der Waals surface area contributed by atoms with Crippen LogP contribution in [0, 0.1) is 0 Å². The van der Waals surface area contributed by atoms with Gasteiger partial charge >= 0.3 is 12.0 Å². The Labute approximate surface area is 165 Å². The van der Waals surface area contributed by atoms with Crippen molar-refractivity contribution in [3.05, 3.63) is 71.3 Å². The molecule has 1 aliphatic heterocycles. The summed E-state index contributed by atoms with van der Waals surface area (Å²) in [5.74, 6) is -3.08. The molecule has 1 heterocycles. The fourth-order valence-electron chi connectivity index (χ4n) is 2.82. The van der Waals surface area contributed by atoms with E-state index in [-0.39, 0.29) is 11.1 Å². The Hall–Kier alpha value is -4.01. The normalized spacial score (nSPS) is 13.5. The molecular weight excluding hydrogens is 378 g/mol. The first kappa shape index (κ1) is 19.7. The maximum atomic E-state index is 12.4. The van der Waals surface area contributed by atoms with E-state index in [1.54, 1.807) is 42.5 Å². The number of nitrogens with one attached hydrogen (secondary N) is 2. The molecule has 0 spiro atoms. The minimum Gasteiger partial charge on any atom is -0.446 e. The monoisotopic (exact) mass is 395 g/mol. The van der Waals surface area contributed by atoms with Crippen LogP contribution >= 0.6 is 0 Å². The van der Waals surface area contributed by atoms with Gasteiger partial charge in [-0.3, -0.25) is 29.4 Å². The van der Waals surface area contributed by atoms with Crippen LogP contribution in [0.1, 0.15) is 32.4 Å². The van der Waals surface area contributed by atoms with Gasteiger partial charge in [0.1, 0.15) is 6.54 Å². The average molecular weight is 395 g/mol. The smallest absolute Gasteiger partial charge is 0.327 e. The number of carbonyl (C=O) groups excluding carboxylic acids is 5. The summed E-state index contributed by atoms with van der Waals surface area (Å²) in [4.78, 5) is 61.8. The van der Waals surface area contributed by atoms with Crippen LogP contribution in [0.5, 0.6) is 0 Å². The number of imide groups is 2. The van der Waals surface area contributed by atoms with Gasteiger partial charge in [0.2, 0.25) is 6.10 Å². The molecule has 0 aromatic heterocycles. The number of hydrogen-bond donors (Lipinski definition) is 2. The van der Waals surface area contributed by atoms with Crippen molar-refractivity contribution in [1.82, 2.24) is 15.5 Å². The molecule has 0 saturated carbocycles. The Balaban J connectivity index is 1.75. The molecule has 1 aliphatic rings. The number of urea groups is 1. The molecule has 1 unspecified atom stereocenters. The third kappa shape index (κ3) is 4.13. The molecular formula is C20H17N3O6. The summed E-state index contributed by atoms with van der Waals surface area (Å²) in [6, 6.07) is 13.5. The largest absolute Gasteiger partial charge is 0.446 e. The molecule has 9 nitrogen and oxygen atoms in total. The van der Waals surface area contributed by atoms with Gasteiger partial charge in [-0.25, -0.2) is 4.79 Å². The summed E-state index contributed by atoms with van der Waals surface area (Å²) in [5.41, 5.74) is 0.717. The first-order chi connectivity index (χ1) is 13.9. The number of nitrogens with zero attached hydrogens (tertiary/aromatic N) is 1. The Bertz CT molecular complexity index is 954. The Morgan fingerprint density at radius 3 is 2.03 bits per heavy atom. The molecule has 0 radical (unpaired) electrons. The van der Waals surface area contributed by atoms with Gasteiger partial charge in [-0.15, -0.1) is 0 Å². The van der Waals surface area contributed by atoms with E-state index in [4.69, 9.17) is 4.74 Å². The van der Waals surface area contributed by atoms with E-state index in [0.29, 0.717) is 5.56 Å². The maximum Gasteiger partial charge on any atom is 0.327 e. The zero-order chi connectivity index (χ0) is 21.0. The first-order valence-electron chi connectivity index (χ1n) is 8.64. The highest BCUT2D eigenvalue weighted by Crippen LogP contribution is 2.23. The van der Waals surface area contributed by atoms with Crippen molar-refractivity contribution >= 4 is 29.7 Å². The first-order valence-corrected chi connectivity index (χ1v) is 8.64. The second kappa shape index (κ2) is 8.34. The minimum absolute atomic E-state index is 0.197. The van der Waals surface area contributed by atoms with Gasteiger partial charge in [-0.05, 0) is 12.1 Å². The lowest BCUT2D eigenvalue weighted by Crippen LogP contribution is -2.42. The van der Waals surface area contributed by atoms with Crippen LogP contribution in [0.25, 0.3) is 0 Å². The lowest BCUT2D eigenvalue weighted by molar-refractivity contribution is -0.156. The van der Waals surface area contributed by atoms with E-state index < -0.39 is 42.4 Å². The van der Waals surface area contributed by atoms with E-state index in [1.165, 1.54) is 19.2 Å². The quantitative estimate of drug-likeness (QED) is 0.576. The number of fused-ring (bicyclic) bond motifs is 1. The van der Waals surface area contributed by atoms with Gasteiger partial charge < -0.3 is 10.1 Å². The highest BCUT2D eigenvalue weighted by molar-refractivity contribution is 6.22. The number of esters is 1. The van der Waals surface area contributed by atoms with Crippen LogP contribution in [-0.2, 0) is 14.3 Å². The summed E-state index contributed by atoms with van der Waals surface area (Å²) in [5, 5.41) is 4.27. The zero-order valence-electron chi connectivity index (χ0n) is 15.4. The summed E-state index contributed by atoms with van der Waals surface area (Å²) >= 11 is 0. The summed E-state index contributed by atoms with van der Waals surface area (Å²) in [6.45, 7) is -0.664. The standard InChI is InChI=1S/C20H17N3O6/c1-21-20(28)22-17(25)16(12-7-3-2-4-8-12)29-15(24)11-23-18(26)13-9-5-6-10-14(13)19(23)27/h2-10,16H,11H2,1H3,(H2,21,22,25,28). The molecule has 0 bridgehead atoms. The SMILES string of the molecule is CNC(=O)NC(=O)C(OC(=O)CN1C(=O)c2ccccc2C1=O)c1ccccc1. The highest BCUT2D eigenvalue weighted by Gasteiger charge is 2.37. The molecule has 3 rings (SSSR count). The predicted octanol–water partition coefficient (Wildman–Crippen LogP) is 1.02. The molecule has 0 saturated heterocycles. The number of rotatable bonds is 5. The van der Waals surface area contributed by atoms with Crippen LogP contribution in [0.3, 0.4) is 0 Å². The number of amides is 5. The van der Waals surface area contributed by atoms with Crippen molar-refractivity contribution in [3.63, 3.8) is 0 Å². The third-order valence-corrected chi connectivity index (χ3v) is 4.22. The molecule has 29 heavy (non-hydrogen) atoms. The van der Waals surface area contributed by atoms with Crippen LogP contribution in [0.2, 0.25) is 0 Å². The topological polar surface area (TPSA) is 122 Å². The minimum atomic E-state index is -1.43. The average Bonchev–Trinajstić information content (AvgIpc) is 2.97. The fraction of sp³-hybridized carbons (Fsp3) is 0.150. The number of hydrogen-bond acceptors (Lipinski definition) is 6. The molecule has 0 fully saturated rings. The van der Waals surface area contributed by atoms with E-state index in [2.05, 4.69) is 5.32 Å². The van der Waals surface area contributed by atoms with E-state index in [9.17, 15) is 24.0 Å². The Morgan fingerprint density at radius 1 is 0.931 bits per heavy atom. The Kier molecular flexibility index (Phi) is 5.68. The van der Waals surface area contributed by atoms with Gasteiger partial charge in [0, 0.05) is 12.6 Å². The van der Waals surface area contributed by atoms with Crippen molar-refractivity contribution in [1.29, 1.82) is 0 Å². The van der Waals surface area contributed by atoms with Gasteiger partial charge in [-0.1, -0.05) is 42.5 Å². The molecule has 2 aromatic rings. The van der Waals surface area contributed by atoms with Gasteiger partial charge in [0.15, 0.2) is 0 Å². The third-order valence-electron chi connectivity index (χ3n) is 4.22. The summed E-state index contributed by atoms with van der Waals surface area (Å²) < 4.78 is 5.22. The van der Waals surface area contributed by atoms with Crippen molar-refractivity contribution < 1.29 is 28.7 Å². The van der Waals surface area contributed by atoms with Crippen molar-refractivity contribution in [2.24, 2.45) is 0 Å². The molecule has 1 atom stereocenters. The van der Waals surface area contributed by atoms with Crippen molar-refractivity contribution in [3.8, 4) is 0 Å². The number of benzene rings is 2. The lowest BCUT2D eigenvalue weighted by Gasteiger charge is -2.19. The van der Waals surface area contributed by atoms with Crippen LogP contribution in [-0.4, -0.2) is 48.2 Å². The Morgan fingerprint density at radius 2 is 1.48 bits per heavy atom. The molecule has 0 aliphatic carbocycles.